The van der Waals surface area contributed by atoms with Crippen molar-refractivity contribution in [2.24, 2.45) is 0 Å². The molecule has 2 rings (SSSR count). The third-order valence-corrected chi connectivity index (χ3v) is 2.19. The highest BCUT2D eigenvalue weighted by Gasteiger charge is 2.14. The van der Waals surface area contributed by atoms with Crippen molar-refractivity contribution in [3.05, 3.63) is 44.9 Å². The van der Waals surface area contributed by atoms with Crippen LogP contribution in [0, 0.1) is 0 Å². The van der Waals surface area contributed by atoms with Crippen LogP contribution in [0.5, 0.6) is 0 Å². The number of hydrogen-bond donors (Lipinski definition) is 1. The van der Waals surface area contributed by atoms with Gasteiger partial charge in [0.25, 0.3) is 11.9 Å². The number of rotatable bonds is 1. The first-order chi connectivity index (χ1) is 6.66. The Balaban J connectivity index is 2.57. The summed E-state index contributed by atoms with van der Waals surface area (Å²) in [6.45, 7) is 0. The number of halogens is 2. The SMILES string of the molecule is O=c1c[n+](-c2ccc(Cl)cc2Cl)[nH]o1. The predicted octanol–water partition coefficient (Wildman–Crippen LogP) is 1.55. The Kier molecular flexibility index (Phi) is 2.31. The summed E-state index contributed by atoms with van der Waals surface area (Å²) in [7, 11) is 0. The molecule has 72 valence electrons. The zero-order chi connectivity index (χ0) is 10.1. The summed E-state index contributed by atoms with van der Waals surface area (Å²) < 4.78 is 5.87. The van der Waals surface area contributed by atoms with E-state index in [1.807, 2.05) is 0 Å². The fourth-order valence-corrected chi connectivity index (χ4v) is 1.55. The summed E-state index contributed by atoms with van der Waals surface area (Å²) in [5.74, 6) is 0. The second kappa shape index (κ2) is 3.48. The molecular weight excluding hydrogens is 227 g/mol. The van der Waals surface area contributed by atoms with Crippen LogP contribution >= 0.6 is 23.2 Å². The molecule has 14 heavy (non-hydrogen) atoms. The Labute approximate surface area is 88.6 Å². The average molecular weight is 232 g/mol. The molecule has 1 N–H and O–H groups in total. The number of aromatic amines is 1. The normalized spacial score (nSPS) is 10.4. The smallest absolute Gasteiger partial charge is 0.283 e. The molecule has 0 aliphatic carbocycles. The van der Waals surface area contributed by atoms with Crippen molar-refractivity contribution in [3.8, 4) is 5.69 Å². The standard InChI is InChI=1S/C8H4Cl2N2O2/c9-5-1-2-7(6(10)3-5)12-4-8(13)14-11-12/h1-4H/p+1. The van der Waals surface area contributed by atoms with Crippen LogP contribution in [0.15, 0.2) is 33.7 Å². The minimum absolute atomic E-state index is 0.430. The Morgan fingerprint density at radius 2 is 2.14 bits per heavy atom. The van der Waals surface area contributed by atoms with E-state index in [-0.39, 0.29) is 0 Å². The zero-order valence-electron chi connectivity index (χ0n) is 6.83. The highest BCUT2D eigenvalue weighted by atomic mass is 35.5. The zero-order valence-corrected chi connectivity index (χ0v) is 8.34. The molecule has 0 spiro atoms. The lowest BCUT2D eigenvalue weighted by atomic mass is 10.3. The fraction of sp³-hybridized carbons (Fsp3) is 0. The number of H-pyrrole nitrogens is 1. The Hall–Kier alpha value is -1.26. The minimum Gasteiger partial charge on any atom is -0.283 e. The number of nitrogens with one attached hydrogen (secondary N) is 1. The maximum Gasteiger partial charge on any atom is 0.427 e. The van der Waals surface area contributed by atoms with Gasteiger partial charge >= 0.3 is 5.63 Å². The largest absolute Gasteiger partial charge is 0.427 e. The first kappa shape index (κ1) is 9.30. The molecule has 6 heteroatoms. The third-order valence-electron chi connectivity index (χ3n) is 1.65. The number of benzene rings is 1. The maximum absolute atomic E-state index is 10.8. The van der Waals surface area contributed by atoms with Gasteiger partial charge in [0.2, 0.25) is 0 Å². The molecule has 0 amide bonds. The van der Waals surface area contributed by atoms with E-state index in [2.05, 4.69) is 9.79 Å². The van der Waals surface area contributed by atoms with E-state index in [0.29, 0.717) is 15.7 Å². The van der Waals surface area contributed by atoms with E-state index in [0.717, 1.165) is 0 Å². The summed E-state index contributed by atoms with van der Waals surface area (Å²) in [6.07, 6.45) is 1.25. The van der Waals surface area contributed by atoms with Crippen molar-refractivity contribution < 1.29 is 9.20 Å². The summed E-state index contributed by atoms with van der Waals surface area (Å²) in [5, 5.41) is 3.35. The predicted molar refractivity (Wildman–Crippen MR) is 50.9 cm³/mol. The van der Waals surface area contributed by atoms with Gasteiger partial charge in [-0.3, -0.25) is 4.52 Å². The molecule has 0 saturated carbocycles. The van der Waals surface area contributed by atoms with Crippen molar-refractivity contribution >= 4 is 23.2 Å². The van der Waals surface area contributed by atoms with Gasteiger partial charge in [-0.25, -0.2) is 4.79 Å². The molecule has 0 aliphatic heterocycles. The summed E-state index contributed by atoms with van der Waals surface area (Å²) >= 11 is 11.6. The van der Waals surface area contributed by atoms with Crippen molar-refractivity contribution in [1.29, 1.82) is 0 Å². The van der Waals surface area contributed by atoms with Gasteiger partial charge in [-0.05, 0) is 22.1 Å². The summed E-state index contributed by atoms with van der Waals surface area (Å²) in [4.78, 5) is 10.8. The Morgan fingerprint density at radius 3 is 2.71 bits per heavy atom. The molecule has 1 heterocycles. The van der Waals surface area contributed by atoms with Crippen LogP contribution in [0.3, 0.4) is 0 Å². The molecule has 4 nitrogen and oxygen atoms in total. The lowest BCUT2D eigenvalue weighted by Gasteiger charge is -1.93. The van der Waals surface area contributed by atoms with Crippen LogP contribution in [0.4, 0.5) is 0 Å². The van der Waals surface area contributed by atoms with Gasteiger partial charge in [-0.2, -0.15) is 0 Å². The van der Waals surface area contributed by atoms with Gasteiger partial charge in [0, 0.05) is 11.1 Å². The highest BCUT2D eigenvalue weighted by molar-refractivity contribution is 6.35. The van der Waals surface area contributed by atoms with Gasteiger partial charge in [-0.15, -0.1) is 0 Å². The summed E-state index contributed by atoms with van der Waals surface area (Å²) in [6, 6.07) is 4.92. The molecule has 0 radical (unpaired) electrons. The molecule has 0 aliphatic rings. The van der Waals surface area contributed by atoms with E-state index in [1.54, 1.807) is 18.2 Å². The van der Waals surface area contributed by atoms with Gasteiger partial charge in [0.05, 0.1) is 0 Å². The first-order valence-corrected chi connectivity index (χ1v) is 4.48. The molecule has 1 aromatic heterocycles. The molecular formula is C8H5Cl2N2O2+. The summed E-state index contributed by atoms with van der Waals surface area (Å²) in [5.41, 5.74) is 0.123. The second-order valence-corrected chi connectivity index (χ2v) is 3.45. The monoisotopic (exact) mass is 231 g/mol. The van der Waals surface area contributed by atoms with E-state index in [9.17, 15) is 4.79 Å². The van der Waals surface area contributed by atoms with Crippen LogP contribution < -0.4 is 10.3 Å². The third kappa shape index (κ3) is 1.66. The molecule has 0 unspecified atom stereocenters. The van der Waals surface area contributed by atoms with Crippen molar-refractivity contribution in [1.82, 2.24) is 5.27 Å². The van der Waals surface area contributed by atoms with Crippen molar-refractivity contribution in [2.45, 2.75) is 0 Å². The Bertz CT molecular complexity index is 518. The Morgan fingerprint density at radius 1 is 1.36 bits per heavy atom. The van der Waals surface area contributed by atoms with Crippen LogP contribution in [-0.2, 0) is 0 Å². The lowest BCUT2D eigenvalue weighted by Crippen LogP contribution is -2.32. The molecule has 0 saturated heterocycles. The average Bonchev–Trinajstić information content (AvgIpc) is 2.51. The van der Waals surface area contributed by atoms with Crippen LogP contribution in [0.25, 0.3) is 5.69 Å². The molecule has 1 aromatic carbocycles. The lowest BCUT2D eigenvalue weighted by molar-refractivity contribution is -0.670. The van der Waals surface area contributed by atoms with E-state index < -0.39 is 5.63 Å². The van der Waals surface area contributed by atoms with Gasteiger partial charge in [-0.1, -0.05) is 23.2 Å². The molecule has 0 bridgehead atoms. The van der Waals surface area contributed by atoms with Gasteiger partial charge in [0.1, 0.15) is 5.02 Å². The molecule has 2 aromatic rings. The van der Waals surface area contributed by atoms with Gasteiger partial charge < -0.3 is 0 Å². The van der Waals surface area contributed by atoms with E-state index in [1.165, 1.54) is 10.9 Å². The van der Waals surface area contributed by atoms with E-state index >= 15 is 0 Å². The highest BCUT2D eigenvalue weighted by Crippen LogP contribution is 2.20. The minimum atomic E-state index is -0.476. The van der Waals surface area contributed by atoms with Crippen LogP contribution in [0.2, 0.25) is 10.0 Å². The second-order valence-electron chi connectivity index (χ2n) is 2.61. The molecule has 0 fully saturated rings. The quantitative estimate of drug-likeness (QED) is 0.758. The van der Waals surface area contributed by atoms with Crippen molar-refractivity contribution in [2.75, 3.05) is 0 Å². The molecule has 0 atom stereocenters. The van der Waals surface area contributed by atoms with Crippen LogP contribution in [0.1, 0.15) is 0 Å². The van der Waals surface area contributed by atoms with E-state index in [4.69, 9.17) is 23.2 Å². The fourth-order valence-electron chi connectivity index (χ4n) is 1.05. The van der Waals surface area contributed by atoms with Gasteiger partial charge in [0.15, 0.2) is 0 Å². The topological polar surface area (TPSA) is 49.9 Å². The van der Waals surface area contributed by atoms with Crippen molar-refractivity contribution in [3.63, 3.8) is 0 Å². The maximum atomic E-state index is 10.8. The number of hydrogen-bond acceptors (Lipinski definition) is 2. The first-order valence-electron chi connectivity index (χ1n) is 3.72. The van der Waals surface area contributed by atoms with Crippen LogP contribution in [-0.4, -0.2) is 5.27 Å². The number of aromatic nitrogens is 2. The number of nitrogens with zero attached hydrogens (tertiary/aromatic N) is 1.